The normalized spacial score (nSPS) is 11.0. The first-order valence-electron chi connectivity index (χ1n) is 10.4. The lowest BCUT2D eigenvalue weighted by atomic mass is 9.94. The van der Waals surface area contributed by atoms with Crippen LogP contribution < -0.4 is 0 Å². The van der Waals surface area contributed by atoms with E-state index in [4.69, 9.17) is 4.98 Å². The maximum Gasteiger partial charge on any atom is 0.0712 e. The van der Waals surface area contributed by atoms with Gasteiger partial charge in [-0.1, -0.05) is 91.0 Å². The van der Waals surface area contributed by atoms with Crippen LogP contribution in [-0.2, 0) is 6.42 Å². The Morgan fingerprint density at radius 2 is 1.17 bits per heavy atom. The van der Waals surface area contributed by atoms with Crippen LogP contribution in [0.3, 0.4) is 0 Å². The van der Waals surface area contributed by atoms with Crippen molar-refractivity contribution in [3.63, 3.8) is 0 Å². The zero-order valence-corrected chi connectivity index (χ0v) is 17.0. The van der Waals surface area contributed by atoms with E-state index in [1.165, 1.54) is 38.8 Å². The number of benzene rings is 4. The third-order valence-electron chi connectivity index (χ3n) is 5.62. The van der Waals surface area contributed by atoms with Crippen molar-refractivity contribution in [3.8, 4) is 22.3 Å². The van der Waals surface area contributed by atoms with Gasteiger partial charge in [0, 0.05) is 17.4 Å². The lowest BCUT2D eigenvalue weighted by molar-refractivity contribution is 1.10. The molecular weight excluding hydrogens is 362 g/mol. The molecule has 0 aliphatic heterocycles. The van der Waals surface area contributed by atoms with Crippen molar-refractivity contribution in [2.24, 2.45) is 0 Å². The Bertz CT molecular complexity index is 1290. The second-order valence-electron chi connectivity index (χ2n) is 7.74. The van der Waals surface area contributed by atoms with Crippen LogP contribution in [-0.4, -0.2) is 4.98 Å². The fourth-order valence-corrected chi connectivity index (χ4v) is 4.10. The van der Waals surface area contributed by atoms with E-state index in [-0.39, 0.29) is 0 Å². The Labute approximate surface area is 177 Å². The molecule has 0 fully saturated rings. The van der Waals surface area contributed by atoms with Gasteiger partial charge >= 0.3 is 0 Å². The first-order chi connectivity index (χ1) is 14.8. The maximum atomic E-state index is 5.17. The first kappa shape index (κ1) is 18.3. The van der Waals surface area contributed by atoms with Crippen LogP contribution in [0.1, 0.15) is 16.8 Å². The molecular formula is C29H23N. The topological polar surface area (TPSA) is 12.9 Å². The van der Waals surface area contributed by atoms with Crippen molar-refractivity contribution in [3.05, 3.63) is 126 Å². The van der Waals surface area contributed by atoms with Gasteiger partial charge in [-0.3, -0.25) is 4.98 Å². The van der Waals surface area contributed by atoms with Gasteiger partial charge in [0.05, 0.1) is 11.2 Å². The molecule has 0 atom stereocenters. The van der Waals surface area contributed by atoms with E-state index in [9.17, 15) is 0 Å². The second-order valence-corrected chi connectivity index (χ2v) is 7.74. The molecule has 1 nitrogen and oxygen atoms in total. The largest absolute Gasteiger partial charge is 0.252 e. The third kappa shape index (κ3) is 3.62. The predicted molar refractivity (Wildman–Crippen MR) is 127 cm³/mol. The molecule has 0 amide bonds. The molecule has 0 spiro atoms. The molecule has 144 valence electrons. The fourth-order valence-electron chi connectivity index (χ4n) is 4.10. The Morgan fingerprint density at radius 3 is 1.80 bits per heavy atom. The highest BCUT2D eigenvalue weighted by atomic mass is 14.7. The van der Waals surface area contributed by atoms with Crippen molar-refractivity contribution < 1.29 is 0 Å². The SMILES string of the molecule is Cc1cc2cc(-c3ccccc3)c(Cc3ccccc3)nc2cc1-c1ccccc1. The summed E-state index contributed by atoms with van der Waals surface area (Å²) in [4.78, 5) is 5.17. The summed E-state index contributed by atoms with van der Waals surface area (Å²) in [7, 11) is 0. The number of aromatic nitrogens is 1. The summed E-state index contributed by atoms with van der Waals surface area (Å²) in [5, 5.41) is 1.18. The van der Waals surface area contributed by atoms with Crippen LogP contribution >= 0.6 is 0 Å². The van der Waals surface area contributed by atoms with E-state index in [1.807, 2.05) is 0 Å². The number of aryl methyl sites for hydroxylation is 1. The maximum absolute atomic E-state index is 5.17. The third-order valence-corrected chi connectivity index (χ3v) is 5.62. The van der Waals surface area contributed by atoms with Crippen LogP contribution in [0.2, 0.25) is 0 Å². The van der Waals surface area contributed by atoms with Gasteiger partial charge < -0.3 is 0 Å². The molecule has 5 aromatic rings. The van der Waals surface area contributed by atoms with Gasteiger partial charge in [0.1, 0.15) is 0 Å². The minimum atomic E-state index is 0.815. The van der Waals surface area contributed by atoms with E-state index in [1.54, 1.807) is 0 Å². The molecule has 4 aromatic carbocycles. The second kappa shape index (κ2) is 7.96. The lowest BCUT2D eigenvalue weighted by Crippen LogP contribution is -1.98. The fraction of sp³-hybridized carbons (Fsp3) is 0.0690. The molecule has 0 aliphatic carbocycles. The molecule has 0 aliphatic rings. The molecule has 0 N–H and O–H groups in total. The lowest BCUT2D eigenvalue weighted by Gasteiger charge is -2.14. The zero-order chi connectivity index (χ0) is 20.3. The van der Waals surface area contributed by atoms with E-state index in [0.717, 1.165) is 17.6 Å². The van der Waals surface area contributed by atoms with Crippen LogP contribution in [0.15, 0.2) is 109 Å². The van der Waals surface area contributed by atoms with Gasteiger partial charge in [-0.05, 0) is 52.9 Å². The molecule has 30 heavy (non-hydrogen) atoms. The standard InChI is InChI=1S/C29H23N/c1-21-17-25-19-27(24-15-9-4-10-16-24)29(18-22-11-5-2-6-12-22)30-28(25)20-26(21)23-13-7-3-8-14-23/h2-17,19-20H,18H2,1H3. The average Bonchev–Trinajstić information content (AvgIpc) is 2.80. The highest BCUT2D eigenvalue weighted by Crippen LogP contribution is 2.32. The van der Waals surface area contributed by atoms with Gasteiger partial charge in [-0.15, -0.1) is 0 Å². The number of rotatable bonds is 4. The molecule has 0 radical (unpaired) electrons. The minimum Gasteiger partial charge on any atom is -0.252 e. The number of hydrogen-bond acceptors (Lipinski definition) is 1. The Hall–Kier alpha value is -3.71. The molecule has 5 rings (SSSR count). The van der Waals surface area contributed by atoms with Gasteiger partial charge in [0.2, 0.25) is 0 Å². The summed E-state index contributed by atoms with van der Waals surface area (Å²) in [6.07, 6.45) is 0.815. The molecule has 1 aromatic heterocycles. The van der Waals surface area contributed by atoms with Crippen LogP contribution in [0.5, 0.6) is 0 Å². The summed E-state index contributed by atoms with van der Waals surface area (Å²) < 4.78 is 0. The van der Waals surface area contributed by atoms with Crippen molar-refractivity contribution in [1.29, 1.82) is 0 Å². The summed E-state index contributed by atoms with van der Waals surface area (Å²) >= 11 is 0. The van der Waals surface area contributed by atoms with Crippen LogP contribution in [0.25, 0.3) is 33.2 Å². The van der Waals surface area contributed by atoms with Crippen molar-refractivity contribution in [1.82, 2.24) is 4.98 Å². The molecule has 1 heterocycles. The molecule has 0 saturated heterocycles. The molecule has 0 saturated carbocycles. The number of hydrogen-bond donors (Lipinski definition) is 0. The summed E-state index contributed by atoms with van der Waals surface area (Å²) in [5.41, 5.74) is 9.60. The highest BCUT2D eigenvalue weighted by Gasteiger charge is 2.12. The van der Waals surface area contributed by atoms with Gasteiger partial charge in [0.15, 0.2) is 0 Å². The molecule has 0 unspecified atom stereocenters. The summed E-state index contributed by atoms with van der Waals surface area (Å²) in [6.45, 7) is 2.18. The van der Waals surface area contributed by atoms with E-state index in [2.05, 4.69) is 116 Å². The Kier molecular flexibility index (Phi) is 4.86. The van der Waals surface area contributed by atoms with Gasteiger partial charge in [-0.25, -0.2) is 0 Å². The number of nitrogens with zero attached hydrogens (tertiary/aromatic N) is 1. The van der Waals surface area contributed by atoms with E-state index >= 15 is 0 Å². The smallest absolute Gasteiger partial charge is 0.0712 e. The minimum absolute atomic E-state index is 0.815. The van der Waals surface area contributed by atoms with Crippen molar-refractivity contribution in [2.75, 3.05) is 0 Å². The molecule has 1 heteroatoms. The van der Waals surface area contributed by atoms with Crippen LogP contribution in [0.4, 0.5) is 0 Å². The first-order valence-corrected chi connectivity index (χ1v) is 10.4. The summed E-state index contributed by atoms with van der Waals surface area (Å²) in [6, 6.07) is 38.5. The Morgan fingerprint density at radius 1 is 0.600 bits per heavy atom. The predicted octanol–water partition coefficient (Wildman–Crippen LogP) is 7.47. The monoisotopic (exact) mass is 385 g/mol. The van der Waals surface area contributed by atoms with Gasteiger partial charge in [-0.2, -0.15) is 0 Å². The average molecular weight is 386 g/mol. The van der Waals surface area contributed by atoms with E-state index in [0.29, 0.717) is 0 Å². The van der Waals surface area contributed by atoms with E-state index < -0.39 is 0 Å². The Balaban J connectivity index is 1.71. The highest BCUT2D eigenvalue weighted by molar-refractivity contribution is 5.90. The van der Waals surface area contributed by atoms with Crippen molar-refractivity contribution >= 4 is 10.9 Å². The summed E-state index contributed by atoms with van der Waals surface area (Å²) in [5.74, 6) is 0. The zero-order valence-electron chi connectivity index (χ0n) is 17.0. The number of fused-ring (bicyclic) bond motifs is 1. The molecule has 0 bridgehead atoms. The number of pyridine rings is 1. The quantitative estimate of drug-likeness (QED) is 0.313. The van der Waals surface area contributed by atoms with Crippen molar-refractivity contribution in [2.45, 2.75) is 13.3 Å². The van der Waals surface area contributed by atoms with Crippen LogP contribution in [0, 0.1) is 6.92 Å². The van der Waals surface area contributed by atoms with Gasteiger partial charge in [0.25, 0.3) is 0 Å².